The molecule has 1 aromatic carbocycles. The zero-order valence-electron chi connectivity index (χ0n) is 21.7. The first-order chi connectivity index (χ1) is 16.8. The number of nitrogens with two attached hydrogens (primary N) is 1. The van der Waals surface area contributed by atoms with Gasteiger partial charge in [-0.25, -0.2) is 0 Å². The van der Waals surface area contributed by atoms with Crippen LogP contribution in [0.4, 0.5) is 0 Å². The summed E-state index contributed by atoms with van der Waals surface area (Å²) in [5.41, 5.74) is 8.36. The fraction of sp³-hybridized carbons (Fsp3) is 0.630. The van der Waals surface area contributed by atoms with E-state index in [1.165, 1.54) is 0 Å². The van der Waals surface area contributed by atoms with Crippen molar-refractivity contribution in [3.05, 3.63) is 22.3 Å². The summed E-state index contributed by atoms with van der Waals surface area (Å²) in [5.74, 6) is -1.44. The van der Waals surface area contributed by atoms with Crippen LogP contribution in [-0.4, -0.2) is 46.3 Å². The standard InChI is InChI=1S/C27H37N3O6/c1-12-13(2)24-21(14(3)22(12)32)17(27(4,5)36-24)9-10-18(30-26(35)19-11-20(31)29-19)23(33)15-7-6-8-16(15)25(28)34/h15-19,32H,6-11H2,1-5H3,(H2,28,34)(H,29,31)(H,30,35)/t15?,16-,17?,18+,19+/m1/s1. The molecule has 0 spiro atoms. The molecule has 2 aliphatic heterocycles. The van der Waals surface area contributed by atoms with Gasteiger partial charge in [-0.05, 0) is 77.0 Å². The molecule has 0 aromatic heterocycles. The van der Waals surface area contributed by atoms with Crippen LogP contribution in [-0.2, 0) is 19.2 Å². The number of β-lactam (4-membered cyclic amide) rings is 1. The number of ketones is 1. The van der Waals surface area contributed by atoms with Crippen molar-refractivity contribution in [1.82, 2.24) is 10.6 Å². The molecule has 5 atom stereocenters. The molecule has 9 heteroatoms. The molecular weight excluding hydrogens is 462 g/mol. The number of carbonyl (C=O) groups excluding carboxylic acids is 4. The van der Waals surface area contributed by atoms with E-state index in [1.54, 1.807) is 0 Å². The van der Waals surface area contributed by atoms with E-state index in [1.807, 2.05) is 34.6 Å². The van der Waals surface area contributed by atoms with Gasteiger partial charge in [0.25, 0.3) is 0 Å². The molecule has 1 saturated carbocycles. The number of hydrogen-bond donors (Lipinski definition) is 4. The Morgan fingerprint density at radius 3 is 2.39 bits per heavy atom. The van der Waals surface area contributed by atoms with Crippen LogP contribution in [0, 0.1) is 32.6 Å². The Bertz CT molecular complexity index is 1120. The number of hydrogen-bond acceptors (Lipinski definition) is 6. The summed E-state index contributed by atoms with van der Waals surface area (Å²) in [6.45, 7) is 9.64. The first-order valence-corrected chi connectivity index (χ1v) is 12.8. The van der Waals surface area contributed by atoms with Crippen molar-refractivity contribution in [2.24, 2.45) is 17.6 Å². The lowest BCUT2D eigenvalue weighted by Crippen LogP contribution is -2.59. The van der Waals surface area contributed by atoms with Gasteiger partial charge in [-0.3, -0.25) is 19.2 Å². The molecule has 1 aliphatic carbocycles. The summed E-state index contributed by atoms with van der Waals surface area (Å²) in [4.78, 5) is 49.7. The zero-order chi connectivity index (χ0) is 26.5. The Morgan fingerprint density at radius 1 is 1.14 bits per heavy atom. The molecule has 0 radical (unpaired) electrons. The van der Waals surface area contributed by atoms with Crippen molar-refractivity contribution in [3.63, 3.8) is 0 Å². The van der Waals surface area contributed by atoms with Gasteiger partial charge in [-0.2, -0.15) is 0 Å². The van der Waals surface area contributed by atoms with Crippen LogP contribution in [0.3, 0.4) is 0 Å². The first kappa shape index (κ1) is 26.0. The van der Waals surface area contributed by atoms with Crippen LogP contribution in [0.2, 0.25) is 0 Å². The lowest BCUT2D eigenvalue weighted by Gasteiger charge is -2.31. The van der Waals surface area contributed by atoms with E-state index in [-0.39, 0.29) is 29.8 Å². The number of Topliss-reactive ketones (excluding diaryl/α,β-unsaturated/α-hetero) is 1. The number of phenols is 1. The molecule has 3 amide bonds. The van der Waals surface area contributed by atoms with Crippen molar-refractivity contribution < 1.29 is 29.0 Å². The number of phenolic OH excluding ortho intramolecular Hbond substituents is 1. The molecule has 1 saturated heterocycles. The Hall–Kier alpha value is -3.10. The maximum atomic E-state index is 13.6. The number of aromatic hydroxyl groups is 1. The van der Waals surface area contributed by atoms with Gasteiger partial charge in [0.05, 0.1) is 12.5 Å². The molecule has 3 aliphatic rings. The molecule has 2 fully saturated rings. The van der Waals surface area contributed by atoms with Gasteiger partial charge >= 0.3 is 0 Å². The molecule has 5 N–H and O–H groups in total. The minimum atomic E-state index is -0.819. The van der Waals surface area contributed by atoms with Crippen molar-refractivity contribution in [2.75, 3.05) is 0 Å². The number of primary amides is 1. The second-order valence-corrected chi connectivity index (χ2v) is 11.1. The van der Waals surface area contributed by atoms with Crippen molar-refractivity contribution in [2.45, 2.75) is 96.7 Å². The Labute approximate surface area is 211 Å². The zero-order valence-corrected chi connectivity index (χ0v) is 21.7. The second kappa shape index (κ2) is 9.41. The largest absolute Gasteiger partial charge is 0.507 e. The predicted molar refractivity (Wildman–Crippen MR) is 133 cm³/mol. The van der Waals surface area contributed by atoms with Gasteiger partial charge in [0, 0.05) is 23.3 Å². The maximum absolute atomic E-state index is 13.6. The fourth-order valence-electron chi connectivity index (χ4n) is 6.16. The molecule has 1 aromatic rings. The second-order valence-electron chi connectivity index (χ2n) is 11.1. The molecule has 36 heavy (non-hydrogen) atoms. The highest BCUT2D eigenvalue weighted by Gasteiger charge is 2.46. The van der Waals surface area contributed by atoms with E-state index < -0.39 is 41.3 Å². The number of ether oxygens (including phenoxy) is 1. The summed E-state index contributed by atoms with van der Waals surface area (Å²) < 4.78 is 6.36. The quantitative estimate of drug-likeness (QED) is 0.403. The highest BCUT2D eigenvalue weighted by atomic mass is 16.5. The van der Waals surface area contributed by atoms with E-state index in [0.717, 1.165) is 34.4 Å². The SMILES string of the molecule is Cc1c(C)c2c(c(C)c1O)C(CC[C@H](NC(=O)[C@@H]1CC(=O)N1)C(=O)C1CCC[C@H]1C(N)=O)C(C)(C)O2. The van der Waals surface area contributed by atoms with E-state index >= 15 is 0 Å². The first-order valence-electron chi connectivity index (χ1n) is 12.8. The molecule has 2 heterocycles. The lowest BCUT2D eigenvalue weighted by molar-refractivity contribution is -0.139. The van der Waals surface area contributed by atoms with Crippen LogP contribution in [0.1, 0.15) is 80.5 Å². The maximum Gasteiger partial charge on any atom is 0.243 e. The topological polar surface area (TPSA) is 148 Å². The summed E-state index contributed by atoms with van der Waals surface area (Å²) in [5, 5.41) is 16.1. The average Bonchev–Trinajstić information content (AvgIpc) is 3.39. The summed E-state index contributed by atoms with van der Waals surface area (Å²) >= 11 is 0. The van der Waals surface area contributed by atoms with Crippen LogP contribution in [0.25, 0.3) is 0 Å². The van der Waals surface area contributed by atoms with Gasteiger partial charge in [-0.15, -0.1) is 0 Å². The average molecular weight is 500 g/mol. The molecule has 2 unspecified atom stereocenters. The molecule has 196 valence electrons. The summed E-state index contributed by atoms with van der Waals surface area (Å²) in [6, 6.07) is -1.47. The van der Waals surface area contributed by atoms with E-state index in [2.05, 4.69) is 10.6 Å². The number of benzene rings is 1. The third kappa shape index (κ3) is 4.44. The van der Waals surface area contributed by atoms with E-state index in [0.29, 0.717) is 25.7 Å². The molecule has 4 rings (SSSR count). The smallest absolute Gasteiger partial charge is 0.243 e. The minimum absolute atomic E-state index is 0.0913. The van der Waals surface area contributed by atoms with E-state index in [9.17, 15) is 24.3 Å². The van der Waals surface area contributed by atoms with Crippen molar-refractivity contribution >= 4 is 23.5 Å². The monoisotopic (exact) mass is 499 g/mol. The van der Waals surface area contributed by atoms with Crippen LogP contribution in [0.5, 0.6) is 11.5 Å². The van der Waals surface area contributed by atoms with Crippen molar-refractivity contribution in [1.29, 1.82) is 0 Å². The number of carbonyl (C=O) groups is 4. The van der Waals surface area contributed by atoms with Gasteiger partial charge in [0.1, 0.15) is 23.1 Å². The number of rotatable bonds is 8. The van der Waals surface area contributed by atoms with E-state index in [4.69, 9.17) is 10.5 Å². The van der Waals surface area contributed by atoms with Gasteiger partial charge in [-0.1, -0.05) is 6.42 Å². The molecule has 9 nitrogen and oxygen atoms in total. The molecular formula is C27H37N3O6. The Balaban J connectivity index is 1.60. The van der Waals surface area contributed by atoms with Crippen molar-refractivity contribution in [3.8, 4) is 11.5 Å². The van der Waals surface area contributed by atoms with Crippen LogP contribution < -0.4 is 21.1 Å². The van der Waals surface area contributed by atoms with Gasteiger partial charge in [0.15, 0.2) is 5.78 Å². The third-order valence-corrected chi connectivity index (χ3v) is 8.51. The third-order valence-electron chi connectivity index (χ3n) is 8.51. The fourth-order valence-corrected chi connectivity index (χ4v) is 6.16. The minimum Gasteiger partial charge on any atom is -0.507 e. The number of fused-ring (bicyclic) bond motifs is 1. The van der Waals surface area contributed by atoms with Crippen LogP contribution >= 0.6 is 0 Å². The van der Waals surface area contributed by atoms with Crippen LogP contribution in [0.15, 0.2) is 0 Å². The highest BCUT2D eigenvalue weighted by molar-refractivity contribution is 6.00. The molecule has 0 bridgehead atoms. The highest BCUT2D eigenvalue weighted by Crippen LogP contribution is 2.53. The lowest BCUT2D eigenvalue weighted by atomic mass is 9.78. The van der Waals surface area contributed by atoms with Gasteiger partial charge < -0.3 is 26.2 Å². The summed E-state index contributed by atoms with van der Waals surface area (Å²) in [6.07, 6.45) is 2.80. The number of amides is 3. The predicted octanol–water partition coefficient (Wildman–Crippen LogP) is 2.20. The summed E-state index contributed by atoms with van der Waals surface area (Å²) in [7, 11) is 0. The normalized spacial score (nSPS) is 26.9. The van der Waals surface area contributed by atoms with Gasteiger partial charge in [0.2, 0.25) is 17.7 Å². The Kier molecular flexibility index (Phi) is 6.79. The Morgan fingerprint density at radius 2 is 1.78 bits per heavy atom. The number of nitrogens with one attached hydrogen (secondary N) is 2.